The van der Waals surface area contributed by atoms with Crippen molar-refractivity contribution in [2.24, 2.45) is 0 Å². The molecular weight excluding hydrogens is 272 g/mol. The van der Waals surface area contributed by atoms with Gasteiger partial charge < -0.3 is 15.0 Å². The summed E-state index contributed by atoms with van der Waals surface area (Å²) in [7, 11) is 0. The maximum Gasteiger partial charge on any atom is 0.0750 e. The number of halogens is 1. The van der Waals surface area contributed by atoms with Crippen molar-refractivity contribution in [1.82, 2.24) is 5.32 Å². The monoisotopic (exact) mass is 296 g/mol. The van der Waals surface area contributed by atoms with Gasteiger partial charge in [-0.05, 0) is 38.4 Å². The van der Waals surface area contributed by atoms with Gasteiger partial charge in [-0.25, -0.2) is 0 Å². The van der Waals surface area contributed by atoms with Crippen molar-refractivity contribution in [2.75, 3.05) is 31.1 Å². The average molecular weight is 297 g/mol. The topological polar surface area (TPSA) is 24.5 Å². The number of piperidine rings is 1. The first-order chi connectivity index (χ1) is 9.76. The van der Waals surface area contributed by atoms with Gasteiger partial charge in [0.1, 0.15) is 0 Å². The van der Waals surface area contributed by atoms with Crippen LogP contribution in [0.25, 0.3) is 0 Å². The van der Waals surface area contributed by atoms with Gasteiger partial charge in [-0.3, -0.25) is 0 Å². The number of ether oxygens (including phenoxy) is 1. The van der Waals surface area contributed by atoms with Crippen molar-refractivity contribution >= 4 is 17.3 Å². The molecule has 0 amide bonds. The first kappa shape index (κ1) is 15.6. The highest BCUT2D eigenvalue weighted by atomic mass is 35.5. The fraction of sp³-hybridized carbons (Fsp3) is 0.625. The van der Waals surface area contributed by atoms with Gasteiger partial charge in [-0.15, -0.1) is 0 Å². The third-order valence-electron chi connectivity index (χ3n) is 3.77. The Bertz CT molecular complexity index is 423. The van der Waals surface area contributed by atoms with Gasteiger partial charge in [-0.2, -0.15) is 0 Å². The van der Waals surface area contributed by atoms with E-state index in [1.54, 1.807) is 0 Å². The Kier molecular flexibility index (Phi) is 6.14. The predicted molar refractivity (Wildman–Crippen MR) is 85.7 cm³/mol. The highest BCUT2D eigenvalue weighted by Gasteiger charge is 2.22. The van der Waals surface area contributed by atoms with Crippen LogP contribution in [0.4, 0.5) is 5.69 Å². The quantitative estimate of drug-likeness (QED) is 0.870. The van der Waals surface area contributed by atoms with E-state index in [4.69, 9.17) is 16.3 Å². The molecule has 112 valence electrons. The normalized spacial score (nSPS) is 19.4. The Morgan fingerprint density at radius 2 is 2.25 bits per heavy atom. The molecule has 0 saturated carbocycles. The van der Waals surface area contributed by atoms with Gasteiger partial charge >= 0.3 is 0 Å². The van der Waals surface area contributed by atoms with Crippen molar-refractivity contribution in [3.05, 3.63) is 28.8 Å². The number of hydrogen-bond acceptors (Lipinski definition) is 3. The van der Waals surface area contributed by atoms with E-state index in [1.807, 2.05) is 12.1 Å². The van der Waals surface area contributed by atoms with Crippen LogP contribution in [-0.2, 0) is 11.3 Å². The molecule has 1 saturated heterocycles. The molecule has 1 heterocycles. The Hall–Kier alpha value is -0.770. The molecule has 1 aromatic carbocycles. The van der Waals surface area contributed by atoms with Gasteiger partial charge in [0.25, 0.3) is 0 Å². The van der Waals surface area contributed by atoms with E-state index in [-0.39, 0.29) is 0 Å². The fourth-order valence-electron chi connectivity index (χ4n) is 2.80. The summed E-state index contributed by atoms with van der Waals surface area (Å²) in [5.41, 5.74) is 2.45. The molecular formula is C16H25ClN2O. The lowest BCUT2D eigenvalue weighted by Crippen LogP contribution is -2.40. The molecule has 0 aliphatic carbocycles. The van der Waals surface area contributed by atoms with Crippen molar-refractivity contribution < 1.29 is 4.74 Å². The van der Waals surface area contributed by atoms with Crippen LogP contribution in [0.1, 0.15) is 32.3 Å². The molecule has 1 atom stereocenters. The van der Waals surface area contributed by atoms with Crippen LogP contribution in [0.2, 0.25) is 5.02 Å². The summed E-state index contributed by atoms with van der Waals surface area (Å²) in [5, 5.41) is 4.23. The highest BCUT2D eigenvalue weighted by molar-refractivity contribution is 6.31. The van der Waals surface area contributed by atoms with Crippen molar-refractivity contribution in [3.63, 3.8) is 0 Å². The molecule has 2 rings (SSSR count). The van der Waals surface area contributed by atoms with Crippen LogP contribution in [0.15, 0.2) is 18.2 Å². The van der Waals surface area contributed by atoms with Gasteiger partial charge in [0.15, 0.2) is 0 Å². The van der Waals surface area contributed by atoms with E-state index in [9.17, 15) is 0 Å². The molecule has 0 radical (unpaired) electrons. The van der Waals surface area contributed by atoms with Crippen LogP contribution >= 0.6 is 11.6 Å². The highest BCUT2D eigenvalue weighted by Crippen LogP contribution is 2.30. The van der Waals surface area contributed by atoms with Crippen molar-refractivity contribution in [2.45, 2.75) is 39.3 Å². The third-order valence-corrected chi connectivity index (χ3v) is 4.12. The summed E-state index contributed by atoms with van der Waals surface area (Å²) in [6.45, 7) is 8.79. The second kappa shape index (κ2) is 7.87. The Morgan fingerprint density at radius 1 is 1.40 bits per heavy atom. The number of rotatable bonds is 6. The van der Waals surface area contributed by atoms with Crippen LogP contribution < -0.4 is 10.2 Å². The van der Waals surface area contributed by atoms with Crippen molar-refractivity contribution in [3.8, 4) is 0 Å². The summed E-state index contributed by atoms with van der Waals surface area (Å²) in [6.07, 6.45) is 2.69. The molecule has 1 N–H and O–H groups in total. The first-order valence-corrected chi connectivity index (χ1v) is 7.98. The summed E-state index contributed by atoms with van der Waals surface area (Å²) < 4.78 is 5.80. The lowest BCUT2D eigenvalue weighted by atomic mass is 10.0. The van der Waals surface area contributed by atoms with E-state index in [0.29, 0.717) is 6.10 Å². The Labute approximate surface area is 127 Å². The molecule has 1 aliphatic heterocycles. The molecule has 1 fully saturated rings. The molecule has 4 heteroatoms. The van der Waals surface area contributed by atoms with Gasteiger partial charge in [0.2, 0.25) is 0 Å². The average Bonchev–Trinajstić information content (AvgIpc) is 2.46. The van der Waals surface area contributed by atoms with E-state index in [2.05, 4.69) is 30.1 Å². The van der Waals surface area contributed by atoms with Crippen LogP contribution in [0.5, 0.6) is 0 Å². The van der Waals surface area contributed by atoms with Crippen LogP contribution in [0.3, 0.4) is 0 Å². The summed E-state index contributed by atoms with van der Waals surface area (Å²) >= 11 is 6.38. The lowest BCUT2D eigenvalue weighted by Gasteiger charge is -2.35. The molecule has 0 spiro atoms. The first-order valence-electron chi connectivity index (χ1n) is 7.60. The minimum Gasteiger partial charge on any atom is -0.377 e. The maximum atomic E-state index is 6.38. The number of nitrogens with one attached hydrogen (secondary N) is 1. The van der Waals surface area contributed by atoms with Gasteiger partial charge in [0, 0.05) is 42.5 Å². The largest absolute Gasteiger partial charge is 0.377 e. The smallest absolute Gasteiger partial charge is 0.0750 e. The minimum absolute atomic E-state index is 0.347. The second-order valence-corrected chi connectivity index (χ2v) is 5.59. The van der Waals surface area contributed by atoms with Crippen molar-refractivity contribution in [1.29, 1.82) is 0 Å². The summed E-state index contributed by atoms with van der Waals surface area (Å²) in [5.74, 6) is 0. The zero-order valence-electron chi connectivity index (χ0n) is 12.5. The van der Waals surface area contributed by atoms with E-state index in [0.717, 1.165) is 44.2 Å². The van der Waals surface area contributed by atoms with Crippen LogP contribution in [0, 0.1) is 0 Å². The molecule has 1 aromatic rings. The summed E-state index contributed by atoms with van der Waals surface area (Å²) in [4.78, 5) is 2.42. The predicted octanol–water partition coefficient (Wildman–Crippen LogP) is 3.45. The SMILES string of the molecule is CCNCc1c(Cl)cccc1N1CCCC(OCC)C1. The minimum atomic E-state index is 0.347. The summed E-state index contributed by atoms with van der Waals surface area (Å²) in [6, 6.07) is 6.19. The Balaban J connectivity index is 2.16. The van der Waals surface area contributed by atoms with E-state index >= 15 is 0 Å². The number of hydrogen-bond donors (Lipinski definition) is 1. The third kappa shape index (κ3) is 3.87. The zero-order valence-corrected chi connectivity index (χ0v) is 13.2. The number of anilines is 1. The van der Waals surface area contributed by atoms with E-state index in [1.165, 1.54) is 17.7 Å². The molecule has 20 heavy (non-hydrogen) atoms. The van der Waals surface area contributed by atoms with Crippen LogP contribution in [-0.4, -0.2) is 32.3 Å². The molecule has 1 aliphatic rings. The number of benzene rings is 1. The molecule has 3 nitrogen and oxygen atoms in total. The second-order valence-electron chi connectivity index (χ2n) is 5.18. The zero-order chi connectivity index (χ0) is 14.4. The maximum absolute atomic E-state index is 6.38. The van der Waals surface area contributed by atoms with E-state index < -0.39 is 0 Å². The number of nitrogens with zero attached hydrogens (tertiary/aromatic N) is 1. The molecule has 0 aromatic heterocycles. The molecule has 1 unspecified atom stereocenters. The van der Waals surface area contributed by atoms with Gasteiger partial charge in [0.05, 0.1) is 6.10 Å². The lowest BCUT2D eigenvalue weighted by molar-refractivity contribution is 0.0526. The fourth-order valence-corrected chi connectivity index (χ4v) is 3.03. The standard InChI is InChI=1S/C16H25ClN2O/c1-3-18-11-14-15(17)8-5-9-16(14)19-10-6-7-13(12-19)20-4-2/h5,8-9,13,18H,3-4,6-7,10-12H2,1-2H3. The molecule has 0 bridgehead atoms. The Morgan fingerprint density at radius 3 is 3.00 bits per heavy atom. The van der Waals surface area contributed by atoms with Gasteiger partial charge in [-0.1, -0.05) is 24.6 Å².